The number of hydrogen-bond acceptors (Lipinski definition) is 3. The van der Waals surface area contributed by atoms with E-state index in [9.17, 15) is 4.79 Å². The molecule has 20 heavy (non-hydrogen) atoms. The Bertz CT molecular complexity index is 293. The molecule has 2 aliphatic rings. The molecule has 0 saturated heterocycles. The molecule has 0 heterocycles. The van der Waals surface area contributed by atoms with Gasteiger partial charge in [0.15, 0.2) is 0 Å². The summed E-state index contributed by atoms with van der Waals surface area (Å²) < 4.78 is 5.83. The molecule has 1 amide bonds. The van der Waals surface area contributed by atoms with Crippen LogP contribution in [0.3, 0.4) is 0 Å². The lowest BCUT2D eigenvalue weighted by molar-refractivity contribution is -0.128. The van der Waals surface area contributed by atoms with Crippen molar-refractivity contribution < 1.29 is 9.53 Å². The Morgan fingerprint density at radius 2 is 1.90 bits per heavy atom. The van der Waals surface area contributed by atoms with E-state index in [-0.39, 0.29) is 17.9 Å². The second-order valence-electron chi connectivity index (χ2n) is 6.52. The Hall–Kier alpha value is -0.610. The normalized spacial score (nSPS) is 32.0. The van der Waals surface area contributed by atoms with Gasteiger partial charge in [-0.05, 0) is 31.6 Å². The monoisotopic (exact) mass is 282 g/mol. The molecule has 0 radical (unpaired) electrons. The second kappa shape index (κ2) is 7.99. The summed E-state index contributed by atoms with van der Waals surface area (Å²) in [5.41, 5.74) is 6.10. The van der Waals surface area contributed by atoms with E-state index in [2.05, 4.69) is 12.2 Å². The summed E-state index contributed by atoms with van der Waals surface area (Å²) in [5, 5.41) is 3.01. The van der Waals surface area contributed by atoms with Crippen LogP contribution >= 0.6 is 0 Å². The van der Waals surface area contributed by atoms with Gasteiger partial charge in [-0.2, -0.15) is 0 Å². The zero-order valence-electron chi connectivity index (χ0n) is 12.8. The predicted molar refractivity (Wildman–Crippen MR) is 80.3 cm³/mol. The summed E-state index contributed by atoms with van der Waals surface area (Å²) >= 11 is 0. The van der Waals surface area contributed by atoms with E-state index in [0.717, 1.165) is 19.3 Å². The van der Waals surface area contributed by atoms with Gasteiger partial charge in [0.2, 0.25) is 5.91 Å². The van der Waals surface area contributed by atoms with Gasteiger partial charge in [-0.25, -0.2) is 0 Å². The number of nitrogens with two attached hydrogens (primary N) is 1. The number of amides is 1. The summed E-state index contributed by atoms with van der Waals surface area (Å²) in [5.74, 6) is 0.508. The number of hydrogen-bond donors (Lipinski definition) is 2. The second-order valence-corrected chi connectivity index (χ2v) is 6.52. The zero-order valence-corrected chi connectivity index (χ0v) is 12.8. The third kappa shape index (κ3) is 4.45. The highest BCUT2D eigenvalue weighted by Crippen LogP contribution is 2.28. The van der Waals surface area contributed by atoms with Gasteiger partial charge in [-0.15, -0.1) is 0 Å². The Kier molecular flexibility index (Phi) is 6.30. The molecule has 3 N–H and O–H groups in total. The highest BCUT2D eigenvalue weighted by molar-refractivity contribution is 5.79. The van der Waals surface area contributed by atoms with Gasteiger partial charge in [-0.3, -0.25) is 4.79 Å². The van der Waals surface area contributed by atoms with Crippen LogP contribution in [0.2, 0.25) is 0 Å². The van der Waals surface area contributed by atoms with Crippen LogP contribution in [0.25, 0.3) is 0 Å². The average molecular weight is 282 g/mol. The molecule has 4 nitrogen and oxygen atoms in total. The van der Waals surface area contributed by atoms with Crippen LogP contribution < -0.4 is 11.1 Å². The van der Waals surface area contributed by atoms with E-state index >= 15 is 0 Å². The lowest BCUT2D eigenvalue weighted by atomic mass is 9.76. The molecule has 0 aromatic carbocycles. The number of rotatable bonds is 5. The predicted octanol–water partition coefficient (Wildman–Crippen LogP) is 2.22. The molecule has 0 aromatic rings. The maximum absolute atomic E-state index is 12.2. The molecule has 3 unspecified atom stereocenters. The van der Waals surface area contributed by atoms with Crippen molar-refractivity contribution in [1.29, 1.82) is 0 Å². The standard InChI is InChI=1S/C16H30N2O2/c1-12-6-5-9-14(17)15(12)16(19)18-10-11-20-13-7-3-2-4-8-13/h12-15H,2-11,17H2,1H3,(H,18,19). The molecule has 0 aliphatic heterocycles. The maximum atomic E-state index is 12.2. The fourth-order valence-electron chi connectivity index (χ4n) is 3.66. The Labute approximate surface area is 122 Å². The molecule has 3 atom stereocenters. The van der Waals surface area contributed by atoms with Crippen molar-refractivity contribution in [2.24, 2.45) is 17.6 Å². The summed E-state index contributed by atoms with van der Waals surface area (Å²) in [6.45, 7) is 3.39. The largest absolute Gasteiger partial charge is 0.376 e. The van der Waals surface area contributed by atoms with Crippen molar-refractivity contribution in [1.82, 2.24) is 5.32 Å². The van der Waals surface area contributed by atoms with Crippen LogP contribution in [-0.2, 0) is 9.53 Å². The van der Waals surface area contributed by atoms with Crippen LogP contribution in [0.5, 0.6) is 0 Å². The van der Waals surface area contributed by atoms with E-state index in [4.69, 9.17) is 10.5 Å². The van der Waals surface area contributed by atoms with Crippen molar-refractivity contribution in [2.75, 3.05) is 13.2 Å². The molecule has 2 aliphatic carbocycles. The van der Waals surface area contributed by atoms with Crippen molar-refractivity contribution in [2.45, 2.75) is 70.4 Å². The Morgan fingerprint density at radius 3 is 2.60 bits per heavy atom. The first-order chi connectivity index (χ1) is 9.68. The van der Waals surface area contributed by atoms with Gasteiger partial charge in [0.25, 0.3) is 0 Å². The van der Waals surface area contributed by atoms with Gasteiger partial charge < -0.3 is 15.8 Å². The van der Waals surface area contributed by atoms with E-state index in [0.29, 0.717) is 25.2 Å². The first-order valence-electron chi connectivity index (χ1n) is 8.33. The summed E-state index contributed by atoms with van der Waals surface area (Å²) in [7, 11) is 0. The minimum atomic E-state index is -0.0153. The van der Waals surface area contributed by atoms with Crippen LogP contribution in [0, 0.1) is 11.8 Å². The van der Waals surface area contributed by atoms with Crippen LogP contribution in [0.15, 0.2) is 0 Å². The van der Waals surface area contributed by atoms with Crippen molar-refractivity contribution >= 4 is 5.91 Å². The first-order valence-corrected chi connectivity index (χ1v) is 8.33. The van der Waals surface area contributed by atoms with Crippen molar-refractivity contribution in [3.8, 4) is 0 Å². The Morgan fingerprint density at radius 1 is 1.15 bits per heavy atom. The van der Waals surface area contributed by atoms with Crippen molar-refractivity contribution in [3.05, 3.63) is 0 Å². The fraction of sp³-hybridized carbons (Fsp3) is 0.938. The third-order valence-corrected chi connectivity index (χ3v) is 4.88. The average Bonchev–Trinajstić information content (AvgIpc) is 2.44. The quantitative estimate of drug-likeness (QED) is 0.760. The summed E-state index contributed by atoms with van der Waals surface area (Å²) in [6.07, 6.45) is 9.92. The number of ether oxygens (including phenoxy) is 1. The van der Waals surface area contributed by atoms with Gasteiger partial charge in [0.1, 0.15) is 0 Å². The van der Waals surface area contributed by atoms with Crippen molar-refractivity contribution in [3.63, 3.8) is 0 Å². The topological polar surface area (TPSA) is 64.4 Å². The highest BCUT2D eigenvalue weighted by Gasteiger charge is 2.33. The van der Waals surface area contributed by atoms with E-state index in [1.807, 2.05) is 0 Å². The molecule has 0 bridgehead atoms. The fourth-order valence-corrected chi connectivity index (χ4v) is 3.66. The first kappa shape index (κ1) is 15.8. The van der Waals surface area contributed by atoms with Crippen LogP contribution in [-0.4, -0.2) is 31.2 Å². The van der Waals surface area contributed by atoms with E-state index < -0.39 is 0 Å². The molecule has 0 spiro atoms. The molecule has 4 heteroatoms. The zero-order chi connectivity index (χ0) is 14.4. The summed E-state index contributed by atoms with van der Waals surface area (Å²) in [4.78, 5) is 12.2. The third-order valence-electron chi connectivity index (χ3n) is 4.88. The van der Waals surface area contributed by atoms with Crippen LogP contribution in [0.4, 0.5) is 0 Å². The van der Waals surface area contributed by atoms with Crippen LogP contribution in [0.1, 0.15) is 58.3 Å². The Balaban J connectivity index is 1.64. The number of nitrogens with one attached hydrogen (secondary N) is 1. The highest BCUT2D eigenvalue weighted by atomic mass is 16.5. The van der Waals surface area contributed by atoms with Gasteiger partial charge in [0, 0.05) is 12.6 Å². The minimum absolute atomic E-state index is 0.0153. The smallest absolute Gasteiger partial charge is 0.225 e. The maximum Gasteiger partial charge on any atom is 0.225 e. The molecule has 2 rings (SSSR count). The SMILES string of the molecule is CC1CCCC(N)C1C(=O)NCCOC1CCCCC1. The summed E-state index contributed by atoms with van der Waals surface area (Å²) in [6, 6.07) is 0.0259. The molecule has 0 aromatic heterocycles. The molecular formula is C16H30N2O2. The lowest BCUT2D eigenvalue weighted by Crippen LogP contribution is -2.48. The molecule has 2 saturated carbocycles. The van der Waals surface area contributed by atoms with Gasteiger partial charge in [0.05, 0.1) is 18.6 Å². The van der Waals surface area contributed by atoms with Gasteiger partial charge in [-0.1, -0.05) is 32.6 Å². The molecule has 2 fully saturated rings. The van der Waals surface area contributed by atoms with E-state index in [1.54, 1.807) is 0 Å². The minimum Gasteiger partial charge on any atom is -0.376 e. The van der Waals surface area contributed by atoms with E-state index in [1.165, 1.54) is 32.1 Å². The molecular weight excluding hydrogens is 252 g/mol. The lowest BCUT2D eigenvalue weighted by Gasteiger charge is -2.33. The number of carbonyl (C=O) groups excluding carboxylic acids is 1. The van der Waals surface area contributed by atoms with Gasteiger partial charge >= 0.3 is 0 Å². The number of carbonyl (C=O) groups is 1. The molecule has 116 valence electrons.